The fraction of sp³-hybridized carbons (Fsp3) is 0.556. The number of carbonyl (C=O) groups is 1. The first-order valence-corrected chi connectivity index (χ1v) is 5.91. The maximum Gasteiger partial charge on any atom is 0.244 e. The van der Waals surface area contributed by atoms with Crippen LogP contribution in [0.3, 0.4) is 0 Å². The van der Waals surface area contributed by atoms with E-state index in [0.29, 0.717) is 0 Å². The molecule has 15 heavy (non-hydrogen) atoms. The van der Waals surface area contributed by atoms with Gasteiger partial charge in [0.15, 0.2) is 0 Å². The van der Waals surface area contributed by atoms with Crippen molar-refractivity contribution in [3.8, 4) is 0 Å². The van der Waals surface area contributed by atoms with Crippen LogP contribution in [0.2, 0.25) is 0 Å². The monoisotopic (exact) mass is 226 g/mol. The Morgan fingerprint density at radius 1 is 1.80 bits per heavy atom. The Kier molecular flexibility index (Phi) is 2.97. The van der Waals surface area contributed by atoms with Crippen molar-refractivity contribution in [2.24, 2.45) is 7.05 Å². The number of nitrogens with zero attached hydrogens (tertiary/aromatic N) is 3. The van der Waals surface area contributed by atoms with Crippen LogP contribution in [0.1, 0.15) is 0 Å². The van der Waals surface area contributed by atoms with Gasteiger partial charge in [-0.05, 0) is 0 Å². The van der Waals surface area contributed by atoms with Gasteiger partial charge in [-0.2, -0.15) is 5.10 Å². The lowest BCUT2D eigenvalue weighted by molar-refractivity contribution is -0.119. The number of amides is 1. The van der Waals surface area contributed by atoms with Gasteiger partial charge in [0, 0.05) is 31.9 Å². The van der Waals surface area contributed by atoms with Crippen molar-refractivity contribution in [1.29, 1.82) is 0 Å². The summed E-state index contributed by atoms with van der Waals surface area (Å²) in [5.41, 5.74) is 0.834. The zero-order valence-electron chi connectivity index (χ0n) is 8.80. The molecule has 2 heterocycles. The SMILES string of the molecule is CN(C(=O)C1CSCN1)c1cnn(C)c1. The number of aryl methyl sites for hydroxylation is 1. The first kappa shape index (κ1) is 10.5. The van der Waals surface area contributed by atoms with Crippen LogP contribution in [0.25, 0.3) is 0 Å². The fourth-order valence-corrected chi connectivity index (χ4v) is 2.43. The lowest BCUT2D eigenvalue weighted by atomic mass is 10.3. The second-order valence-electron chi connectivity index (χ2n) is 3.54. The second-order valence-corrected chi connectivity index (χ2v) is 4.57. The van der Waals surface area contributed by atoms with Gasteiger partial charge in [-0.15, -0.1) is 11.8 Å². The summed E-state index contributed by atoms with van der Waals surface area (Å²) in [7, 11) is 3.62. The normalized spacial score (nSPS) is 20.5. The molecule has 0 bridgehead atoms. The molecule has 6 heteroatoms. The van der Waals surface area contributed by atoms with Crippen LogP contribution in [-0.4, -0.2) is 40.4 Å². The first-order valence-electron chi connectivity index (χ1n) is 4.76. The Balaban J connectivity index is 2.06. The van der Waals surface area contributed by atoms with Crippen molar-refractivity contribution >= 4 is 23.4 Å². The summed E-state index contributed by atoms with van der Waals surface area (Å²) in [5.74, 6) is 1.81. The third kappa shape index (κ3) is 2.15. The van der Waals surface area contributed by atoms with Crippen LogP contribution in [0, 0.1) is 0 Å². The minimum atomic E-state index is -0.0554. The Hall–Kier alpha value is -1.01. The van der Waals surface area contributed by atoms with Crippen molar-refractivity contribution < 1.29 is 4.79 Å². The average Bonchev–Trinajstić information content (AvgIpc) is 2.85. The highest BCUT2D eigenvalue weighted by Gasteiger charge is 2.26. The highest BCUT2D eigenvalue weighted by molar-refractivity contribution is 7.99. The molecule has 1 atom stereocenters. The lowest BCUT2D eigenvalue weighted by Crippen LogP contribution is -2.43. The largest absolute Gasteiger partial charge is 0.311 e. The number of nitrogens with one attached hydrogen (secondary N) is 1. The maximum atomic E-state index is 12.0. The molecule has 1 aliphatic heterocycles. The van der Waals surface area contributed by atoms with Crippen molar-refractivity contribution in [2.75, 3.05) is 23.6 Å². The van der Waals surface area contributed by atoms with Crippen molar-refractivity contribution in [2.45, 2.75) is 6.04 Å². The number of rotatable bonds is 2. The van der Waals surface area contributed by atoms with E-state index in [1.165, 1.54) is 0 Å². The number of hydrogen-bond donors (Lipinski definition) is 1. The maximum absolute atomic E-state index is 12.0. The summed E-state index contributed by atoms with van der Waals surface area (Å²) in [6.45, 7) is 0. The second kappa shape index (κ2) is 4.24. The molecule has 2 rings (SSSR count). The molecule has 1 unspecified atom stereocenters. The van der Waals surface area contributed by atoms with E-state index >= 15 is 0 Å². The Labute approximate surface area is 92.8 Å². The van der Waals surface area contributed by atoms with E-state index in [9.17, 15) is 4.79 Å². The molecule has 0 radical (unpaired) electrons. The summed E-state index contributed by atoms with van der Waals surface area (Å²) in [5, 5.41) is 7.20. The number of carbonyl (C=O) groups excluding carboxylic acids is 1. The summed E-state index contributed by atoms with van der Waals surface area (Å²) >= 11 is 1.75. The summed E-state index contributed by atoms with van der Waals surface area (Å²) in [4.78, 5) is 13.6. The molecule has 0 spiro atoms. The van der Waals surface area contributed by atoms with Gasteiger partial charge in [-0.1, -0.05) is 0 Å². The van der Waals surface area contributed by atoms with E-state index in [-0.39, 0.29) is 11.9 Å². The number of thioether (sulfide) groups is 1. The van der Waals surface area contributed by atoms with E-state index in [1.807, 2.05) is 13.2 Å². The van der Waals surface area contributed by atoms with Crippen molar-refractivity contribution in [1.82, 2.24) is 15.1 Å². The van der Waals surface area contributed by atoms with Gasteiger partial charge in [0.25, 0.3) is 0 Å². The third-order valence-electron chi connectivity index (χ3n) is 2.42. The first-order chi connectivity index (χ1) is 7.18. The fourth-order valence-electron chi connectivity index (χ4n) is 1.50. The van der Waals surface area contributed by atoms with Crippen LogP contribution in [0.15, 0.2) is 12.4 Å². The predicted molar refractivity (Wildman–Crippen MR) is 60.9 cm³/mol. The third-order valence-corrected chi connectivity index (χ3v) is 3.36. The van der Waals surface area contributed by atoms with Gasteiger partial charge in [-0.25, -0.2) is 0 Å². The molecule has 1 aromatic heterocycles. The quantitative estimate of drug-likeness (QED) is 0.774. The van der Waals surface area contributed by atoms with Gasteiger partial charge >= 0.3 is 0 Å². The molecule has 0 aliphatic carbocycles. The highest BCUT2D eigenvalue weighted by atomic mass is 32.2. The molecule has 5 nitrogen and oxygen atoms in total. The molecule has 1 saturated heterocycles. The van der Waals surface area contributed by atoms with Crippen LogP contribution < -0.4 is 10.2 Å². The van der Waals surface area contributed by atoms with E-state index in [4.69, 9.17) is 0 Å². The van der Waals surface area contributed by atoms with Gasteiger partial charge in [0.05, 0.1) is 17.9 Å². The zero-order chi connectivity index (χ0) is 10.8. The summed E-state index contributed by atoms with van der Waals surface area (Å²) < 4.78 is 1.69. The molecule has 1 fully saturated rings. The molecule has 1 N–H and O–H groups in total. The number of aromatic nitrogens is 2. The van der Waals surface area contributed by atoms with Crippen LogP contribution in [-0.2, 0) is 11.8 Å². The van der Waals surface area contributed by atoms with E-state index in [2.05, 4.69) is 10.4 Å². The molecule has 0 aromatic carbocycles. The number of hydrogen-bond acceptors (Lipinski definition) is 4. The minimum absolute atomic E-state index is 0.0554. The number of likely N-dealkylation sites (N-methyl/N-ethyl adjacent to an activating group) is 1. The molecular formula is C9H14N4OS. The predicted octanol–water partition coefficient (Wildman–Crippen LogP) is 0.0454. The zero-order valence-corrected chi connectivity index (χ0v) is 9.62. The minimum Gasteiger partial charge on any atom is -0.311 e. The molecular weight excluding hydrogens is 212 g/mol. The molecule has 0 saturated carbocycles. The number of anilines is 1. The smallest absolute Gasteiger partial charge is 0.244 e. The lowest BCUT2D eigenvalue weighted by Gasteiger charge is -2.18. The van der Waals surface area contributed by atoms with E-state index < -0.39 is 0 Å². The van der Waals surface area contributed by atoms with E-state index in [1.54, 1.807) is 34.6 Å². The summed E-state index contributed by atoms with van der Waals surface area (Å²) in [6.07, 6.45) is 3.53. The van der Waals surface area contributed by atoms with E-state index in [0.717, 1.165) is 17.3 Å². The van der Waals surface area contributed by atoms with Crippen LogP contribution in [0.4, 0.5) is 5.69 Å². The van der Waals surface area contributed by atoms with Crippen LogP contribution >= 0.6 is 11.8 Å². The van der Waals surface area contributed by atoms with Crippen molar-refractivity contribution in [3.05, 3.63) is 12.4 Å². The van der Waals surface area contributed by atoms with Gasteiger partial charge in [0.1, 0.15) is 0 Å². The van der Waals surface area contributed by atoms with Gasteiger partial charge in [0.2, 0.25) is 5.91 Å². The Bertz CT molecular complexity index is 359. The Morgan fingerprint density at radius 3 is 3.13 bits per heavy atom. The molecule has 82 valence electrons. The van der Waals surface area contributed by atoms with Gasteiger partial charge < -0.3 is 4.90 Å². The highest BCUT2D eigenvalue weighted by Crippen LogP contribution is 2.16. The molecule has 1 aromatic rings. The standard InChI is InChI=1S/C9H14N4OS/c1-12-4-7(3-11-12)13(2)9(14)8-5-15-6-10-8/h3-4,8,10H,5-6H2,1-2H3. The molecule has 1 amide bonds. The van der Waals surface area contributed by atoms with Gasteiger partial charge in [-0.3, -0.25) is 14.8 Å². The van der Waals surface area contributed by atoms with Crippen LogP contribution in [0.5, 0.6) is 0 Å². The Morgan fingerprint density at radius 2 is 2.60 bits per heavy atom. The summed E-state index contributed by atoms with van der Waals surface area (Å²) in [6, 6.07) is -0.0554. The molecule has 1 aliphatic rings. The van der Waals surface area contributed by atoms with Crippen molar-refractivity contribution in [3.63, 3.8) is 0 Å². The average molecular weight is 226 g/mol. The topological polar surface area (TPSA) is 50.2 Å².